The van der Waals surface area contributed by atoms with E-state index in [2.05, 4.69) is 53.0 Å². The van der Waals surface area contributed by atoms with E-state index in [9.17, 15) is 0 Å². The molecule has 1 aliphatic carbocycles. The molecule has 1 N–H and O–H groups in total. The standard InChI is InChI=1S/C26H34N6OS/c1-16(2)20-21(19-12-17(3)24-27-15-28-32(24)13-19)29-23-22(20)34-25(30-23)18-6-10-31(11-7-18)14-26(33-4)8-5-9-26/h12-13,15-16,18,29H,5-11,14H2,1-4H3. The molecule has 0 radical (unpaired) electrons. The third-order valence-corrected chi connectivity index (χ3v) is 9.22. The Kier molecular flexibility index (Phi) is 5.50. The molecule has 0 amide bonds. The summed E-state index contributed by atoms with van der Waals surface area (Å²) in [5.41, 5.74) is 6.86. The van der Waals surface area contributed by atoms with Gasteiger partial charge in [-0.3, -0.25) is 0 Å². The number of rotatable bonds is 6. The number of piperidine rings is 1. The van der Waals surface area contributed by atoms with Crippen LogP contribution in [0.5, 0.6) is 0 Å². The third-order valence-electron chi connectivity index (χ3n) is 7.97. The Morgan fingerprint density at radius 2 is 2.06 bits per heavy atom. The first kappa shape index (κ1) is 22.2. The fourth-order valence-corrected chi connectivity index (χ4v) is 7.22. The molecule has 34 heavy (non-hydrogen) atoms. The lowest BCUT2D eigenvalue weighted by Crippen LogP contribution is -2.51. The maximum atomic E-state index is 5.86. The number of nitrogens with one attached hydrogen (secondary N) is 1. The zero-order valence-corrected chi connectivity index (χ0v) is 21.4. The fourth-order valence-electron chi connectivity index (χ4n) is 5.83. The summed E-state index contributed by atoms with van der Waals surface area (Å²) >= 11 is 1.90. The maximum absolute atomic E-state index is 5.86. The number of thiazole rings is 1. The highest BCUT2D eigenvalue weighted by molar-refractivity contribution is 7.18. The lowest BCUT2D eigenvalue weighted by atomic mass is 9.79. The van der Waals surface area contributed by atoms with Crippen LogP contribution in [0.25, 0.3) is 27.3 Å². The number of aromatic amines is 1. The van der Waals surface area contributed by atoms with Crippen LogP contribution in [0.4, 0.5) is 0 Å². The minimum absolute atomic E-state index is 0.125. The van der Waals surface area contributed by atoms with Gasteiger partial charge in [0, 0.05) is 31.3 Å². The molecule has 180 valence electrons. The minimum atomic E-state index is 0.125. The number of aryl methyl sites for hydroxylation is 1. The highest BCUT2D eigenvalue weighted by atomic mass is 32.1. The second-order valence-corrected chi connectivity index (χ2v) is 11.6. The summed E-state index contributed by atoms with van der Waals surface area (Å²) in [6, 6.07) is 2.21. The molecule has 0 unspecified atom stereocenters. The van der Waals surface area contributed by atoms with Gasteiger partial charge in [0.15, 0.2) is 5.65 Å². The van der Waals surface area contributed by atoms with Gasteiger partial charge in [-0.05, 0) is 75.2 Å². The number of pyridine rings is 1. The van der Waals surface area contributed by atoms with E-state index in [0.29, 0.717) is 11.8 Å². The van der Waals surface area contributed by atoms with Crippen molar-refractivity contribution in [1.82, 2.24) is 29.5 Å². The van der Waals surface area contributed by atoms with Crippen LogP contribution in [-0.4, -0.2) is 61.8 Å². The number of H-pyrrole nitrogens is 1. The Labute approximate surface area is 204 Å². The van der Waals surface area contributed by atoms with Crippen molar-refractivity contribution >= 4 is 27.3 Å². The first-order valence-electron chi connectivity index (χ1n) is 12.6. The third kappa shape index (κ3) is 3.67. The first-order chi connectivity index (χ1) is 16.5. The van der Waals surface area contributed by atoms with E-state index in [-0.39, 0.29) is 5.60 Å². The molecule has 1 saturated heterocycles. The predicted molar refractivity (Wildman–Crippen MR) is 137 cm³/mol. The van der Waals surface area contributed by atoms with E-state index in [4.69, 9.17) is 9.72 Å². The molecule has 0 atom stereocenters. The summed E-state index contributed by atoms with van der Waals surface area (Å²) in [6.07, 6.45) is 9.78. The van der Waals surface area contributed by atoms with Crippen LogP contribution in [0.3, 0.4) is 0 Å². The average molecular weight is 479 g/mol. The zero-order valence-electron chi connectivity index (χ0n) is 20.6. The van der Waals surface area contributed by atoms with Crippen molar-refractivity contribution in [3.8, 4) is 11.3 Å². The predicted octanol–water partition coefficient (Wildman–Crippen LogP) is 5.51. The molecule has 2 aliphatic rings. The van der Waals surface area contributed by atoms with Crippen LogP contribution in [-0.2, 0) is 4.74 Å². The number of likely N-dealkylation sites (tertiary alicyclic amines) is 1. The SMILES string of the molecule is COC1(CN2CCC(c3nc4[nH]c(-c5cc(C)c6ncnn6c5)c(C(C)C)c4s3)CC2)CCC1. The van der Waals surface area contributed by atoms with E-state index < -0.39 is 0 Å². The molecular weight excluding hydrogens is 444 g/mol. The number of methoxy groups -OCH3 is 1. The normalized spacial score (nSPS) is 19.4. The van der Waals surface area contributed by atoms with Gasteiger partial charge in [0.1, 0.15) is 12.0 Å². The van der Waals surface area contributed by atoms with Crippen molar-refractivity contribution in [2.24, 2.45) is 0 Å². The molecule has 0 spiro atoms. The van der Waals surface area contributed by atoms with Crippen LogP contribution in [0, 0.1) is 6.92 Å². The van der Waals surface area contributed by atoms with Gasteiger partial charge in [-0.25, -0.2) is 14.5 Å². The van der Waals surface area contributed by atoms with Crippen molar-refractivity contribution in [1.29, 1.82) is 0 Å². The molecule has 0 aromatic carbocycles. The summed E-state index contributed by atoms with van der Waals surface area (Å²) in [4.78, 5) is 15.8. The number of hydrogen-bond donors (Lipinski definition) is 1. The first-order valence-corrected chi connectivity index (χ1v) is 13.4. The lowest BCUT2D eigenvalue weighted by molar-refractivity contribution is -0.0939. The van der Waals surface area contributed by atoms with Crippen molar-refractivity contribution in [3.05, 3.63) is 34.7 Å². The molecular formula is C26H34N6OS. The van der Waals surface area contributed by atoms with Gasteiger partial charge in [0.2, 0.25) is 0 Å². The van der Waals surface area contributed by atoms with Gasteiger partial charge < -0.3 is 14.6 Å². The number of nitrogens with zero attached hydrogens (tertiary/aromatic N) is 5. The fraction of sp³-hybridized carbons (Fsp3) is 0.577. The Balaban J connectivity index is 1.26. The van der Waals surface area contributed by atoms with Gasteiger partial charge >= 0.3 is 0 Å². The summed E-state index contributed by atoms with van der Waals surface area (Å²) in [6.45, 7) is 10.0. The molecule has 7 nitrogen and oxygen atoms in total. The Hall–Kier alpha value is -2.29. The Morgan fingerprint density at radius 3 is 2.74 bits per heavy atom. The highest BCUT2D eigenvalue weighted by Crippen LogP contribution is 2.42. The van der Waals surface area contributed by atoms with Crippen molar-refractivity contribution in [3.63, 3.8) is 0 Å². The summed E-state index contributed by atoms with van der Waals surface area (Å²) in [5, 5.41) is 5.66. The van der Waals surface area contributed by atoms with E-state index in [1.807, 2.05) is 23.0 Å². The van der Waals surface area contributed by atoms with Gasteiger partial charge in [-0.15, -0.1) is 11.3 Å². The van der Waals surface area contributed by atoms with E-state index in [0.717, 1.165) is 47.7 Å². The van der Waals surface area contributed by atoms with Gasteiger partial charge in [-0.1, -0.05) is 13.8 Å². The number of ether oxygens (including phenoxy) is 1. The molecule has 1 aliphatic heterocycles. The highest BCUT2D eigenvalue weighted by Gasteiger charge is 2.39. The minimum Gasteiger partial charge on any atom is -0.377 e. The lowest BCUT2D eigenvalue weighted by Gasteiger charge is -2.45. The topological polar surface area (TPSA) is 71.3 Å². The second-order valence-electron chi connectivity index (χ2n) is 10.5. The second kappa shape index (κ2) is 8.43. The monoisotopic (exact) mass is 478 g/mol. The van der Waals surface area contributed by atoms with Crippen LogP contribution in [0.1, 0.15) is 73.9 Å². The number of aromatic nitrogens is 5. The van der Waals surface area contributed by atoms with Crippen LogP contribution in [0.2, 0.25) is 0 Å². The maximum Gasteiger partial charge on any atom is 0.158 e. The molecule has 2 fully saturated rings. The van der Waals surface area contributed by atoms with Crippen molar-refractivity contribution in [2.45, 2.75) is 70.3 Å². The Bertz CT molecular complexity index is 1320. The molecule has 5 heterocycles. The molecule has 0 bridgehead atoms. The van der Waals surface area contributed by atoms with Crippen molar-refractivity contribution < 1.29 is 4.74 Å². The number of fused-ring (bicyclic) bond motifs is 2. The van der Waals surface area contributed by atoms with E-state index in [1.54, 1.807) is 6.33 Å². The number of hydrogen-bond acceptors (Lipinski definition) is 6. The van der Waals surface area contributed by atoms with Crippen molar-refractivity contribution in [2.75, 3.05) is 26.7 Å². The van der Waals surface area contributed by atoms with Gasteiger partial charge in [0.05, 0.1) is 21.0 Å². The van der Waals surface area contributed by atoms with Gasteiger partial charge in [-0.2, -0.15) is 5.10 Å². The smallest absolute Gasteiger partial charge is 0.158 e. The Morgan fingerprint density at radius 1 is 1.26 bits per heavy atom. The molecule has 1 saturated carbocycles. The quantitative estimate of drug-likeness (QED) is 0.395. The van der Waals surface area contributed by atoms with Crippen LogP contribution >= 0.6 is 11.3 Å². The van der Waals surface area contributed by atoms with Gasteiger partial charge in [0.25, 0.3) is 0 Å². The summed E-state index contributed by atoms with van der Waals surface area (Å²) in [7, 11) is 1.88. The van der Waals surface area contributed by atoms with Crippen LogP contribution in [0.15, 0.2) is 18.6 Å². The molecule has 4 aromatic heterocycles. The molecule has 4 aromatic rings. The molecule has 6 rings (SSSR count). The zero-order chi connectivity index (χ0) is 23.4. The largest absolute Gasteiger partial charge is 0.377 e. The summed E-state index contributed by atoms with van der Waals surface area (Å²) in [5.74, 6) is 0.956. The van der Waals surface area contributed by atoms with Crippen LogP contribution < -0.4 is 0 Å². The summed E-state index contributed by atoms with van der Waals surface area (Å²) < 4.78 is 9.04. The molecule has 8 heteroatoms. The average Bonchev–Trinajstić information content (AvgIpc) is 3.50. The van der Waals surface area contributed by atoms with E-state index in [1.165, 1.54) is 47.4 Å². The van der Waals surface area contributed by atoms with E-state index >= 15 is 0 Å².